The summed E-state index contributed by atoms with van der Waals surface area (Å²) >= 11 is 0. The van der Waals surface area contributed by atoms with Gasteiger partial charge in [-0.05, 0) is 48.8 Å². The van der Waals surface area contributed by atoms with Crippen LogP contribution in [0, 0.1) is 6.92 Å². The predicted octanol–water partition coefficient (Wildman–Crippen LogP) is 4.51. The Morgan fingerprint density at radius 2 is 1.90 bits per heavy atom. The summed E-state index contributed by atoms with van der Waals surface area (Å²) < 4.78 is 0. The molecule has 1 nitrogen and oxygen atoms in total. The van der Waals surface area contributed by atoms with Crippen LogP contribution in [0.2, 0.25) is 0 Å². The summed E-state index contributed by atoms with van der Waals surface area (Å²) in [6, 6.07) is 17.7. The molecule has 0 aliphatic heterocycles. The van der Waals surface area contributed by atoms with Crippen LogP contribution in [0.5, 0.6) is 0 Å². The van der Waals surface area contributed by atoms with E-state index in [1.54, 1.807) is 0 Å². The van der Waals surface area contributed by atoms with Crippen LogP contribution in [-0.2, 0) is 6.42 Å². The molecule has 0 saturated heterocycles. The first-order valence-electron chi connectivity index (χ1n) is 7.63. The molecule has 1 atom stereocenters. The molecule has 1 aliphatic carbocycles. The Morgan fingerprint density at radius 1 is 1.10 bits per heavy atom. The molecular formula is C19H23N. The van der Waals surface area contributed by atoms with Crippen molar-refractivity contribution in [2.45, 2.75) is 44.6 Å². The number of hydrogen-bond acceptors (Lipinski definition) is 1. The zero-order valence-electron chi connectivity index (χ0n) is 12.2. The number of benzene rings is 2. The molecule has 20 heavy (non-hydrogen) atoms. The van der Waals surface area contributed by atoms with Gasteiger partial charge >= 0.3 is 0 Å². The fourth-order valence-corrected chi connectivity index (χ4v) is 3.00. The predicted molar refractivity (Wildman–Crippen MR) is 84.8 cm³/mol. The highest BCUT2D eigenvalue weighted by Gasteiger charge is 2.20. The van der Waals surface area contributed by atoms with Crippen molar-refractivity contribution in [2.75, 3.05) is 0 Å². The Bertz CT molecular complexity index is 584. The van der Waals surface area contributed by atoms with Crippen molar-refractivity contribution in [1.82, 2.24) is 0 Å². The third kappa shape index (κ3) is 2.94. The highest BCUT2D eigenvalue weighted by Crippen LogP contribution is 2.37. The Labute approximate surface area is 121 Å². The molecule has 0 heterocycles. The van der Waals surface area contributed by atoms with E-state index in [4.69, 9.17) is 5.73 Å². The van der Waals surface area contributed by atoms with Crippen molar-refractivity contribution in [1.29, 1.82) is 0 Å². The number of aryl methyl sites for hydroxylation is 1. The van der Waals surface area contributed by atoms with Gasteiger partial charge in [0, 0.05) is 6.04 Å². The van der Waals surface area contributed by atoms with E-state index in [0.717, 1.165) is 12.3 Å². The van der Waals surface area contributed by atoms with Crippen LogP contribution in [0.1, 0.15) is 53.5 Å². The lowest BCUT2D eigenvalue weighted by Gasteiger charge is -2.26. The molecule has 3 rings (SSSR count). The molecule has 1 aliphatic rings. The van der Waals surface area contributed by atoms with E-state index >= 15 is 0 Å². The summed E-state index contributed by atoms with van der Waals surface area (Å²) in [5.74, 6) is 0.779. The van der Waals surface area contributed by atoms with Gasteiger partial charge in [0.05, 0.1) is 0 Å². The van der Waals surface area contributed by atoms with Gasteiger partial charge in [-0.25, -0.2) is 0 Å². The van der Waals surface area contributed by atoms with E-state index < -0.39 is 0 Å². The third-order valence-electron chi connectivity index (χ3n) is 4.45. The first kappa shape index (κ1) is 13.4. The summed E-state index contributed by atoms with van der Waals surface area (Å²) in [6.45, 7) is 2.13. The summed E-state index contributed by atoms with van der Waals surface area (Å²) in [5.41, 5.74) is 11.8. The van der Waals surface area contributed by atoms with E-state index in [0.29, 0.717) is 0 Å². The minimum atomic E-state index is 0.0943. The van der Waals surface area contributed by atoms with Crippen molar-refractivity contribution in [3.05, 3.63) is 70.8 Å². The maximum atomic E-state index is 6.41. The molecule has 1 saturated carbocycles. The summed E-state index contributed by atoms with van der Waals surface area (Å²) in [7, 11) is 0. The van der Waals surface area contributed by atoms with E-state index in [1.165, 1.54) is 41.5 Å². The normalized spacial score (nSPS) is 16.7. The second-order valence-electron chi connectivity index (χ2n) is 6.10. The largest absolute Gasteiger partial charge is 0.324 e. The maximum Gasteiger partial charge on any atom is 0.0335 e. The minimum Gasteiger partial charge on any atom is -0.324 e. The third-order valence-corrected chi connectivity index (χ3v) is 4.45. The van der Waals surface area contributed by atoms with Crippen molar-refractivity contribution >= 4 is 0 Å². The topological polar surface area (TPSA) is 26.0 Å². The molecule has 2 N–H and O–H groups in total. The van der Waals surface area contributed by atoms with E-state index in [1.807, 2.05) is 0 Å². The zero-order valence-corrected chi connectivity index (χ0v) is 12.2. The minimum absolute atomic E-state index is 0.0943. The summed E-state index contributed by atoms with van der Waals surface area (Å²) in [4.78, 5) is 0. The second kappa shape index (κ2) is 5.80. The van der Waals surface area contributed by atoms with E-state index in [2.05, 4.69) is 55.5 Å². The van der Waals surface area contributed by atoms with Gasteiger partial charge in [-0.2, -0.15) is 0 Å². The average Bonchev–Trinajstić information content (AvgIpc) is 2.37. The number of nitrogens with two attached hydrogens (primary N) is 1. The molecule has 0 spiro atoms. The van der Waals surface area contributed by atoms with Crippen molar-refractivity contribution in [3.8, 4) is 0 Å². The quantitative estimate of drug-likeness (QED) is 0.865. The Morgan fingerprint density at radius 3 is 2.60 bits per heavy atom. The van der Waals surface area contributed by atoms with Crippen molar-refractivity contribution < 1.29 is 0 Å². The SMILES string of the molecule is Cc1cccc(CC(N)c2cccc(C3CCC3)c2)c1. The van der Waals surface area contributed by atoms with Gasteiger partial charge in [0.2, 0.25) is 0 Å². The molecular weight excluding hydrogens is 242 g/mol. The van der Waals surface area contributed by atoms with Gasteiger partial charge in [0.1, 0.15) is 0 Å². The first-order valence-corrected chi connectivity index (χ1v) is 7.63. The van der Waals surface area contributed by atoms with Crippen LogP contribution in [0.25, 0.3) is 0 Å². The standard InChI is InChI=1S/C19H23N/c1-14-5-2-6-15(11-14)12-19(20)18-10-4-9-17(13-18)16-7-3-8-16/h2,4-6,9-11,13,16,19H,3,7-8,12,20H2,1H3. The highest BCUT2D eigenvalue weighted by molar-refractivity contribution is 5.31. The van der Waals surface area contributed by atoms with E-state index in [9.17, 15) is 0 Å². The van der Waals surface area contributed by atoms with Gasteiger partial charge in [-0.3, -0.25) is 0 Å². The second-order valence-corrected chi connectivity index (χ2v) is 6.10. The molecule has 0 amide bonds. The molecule has 1 unspecified atom stereocenters. The molecule has 2 aromatic rings. The Hall–Kier alpha value is -1.60. The fourth-order valence-electron chi connectivity index (χ4n) is 3.00. The van der Waals surface area contributed by atoms with Gasteiger partial charge in [-0.1, -0.05) is 60.5 Å². The molecule has 0 aromatic heterocycles. The highest BCUT2D eigenvalue weighted by atomic mass is 14.6. The van der Waals surface area contributed by atoms with Crippen LogP contribution < -0.4 is 5.73 Å². The molecule has 0 bridgehead atoms. The molecule has 2 aromatic carbocycles. The van der Waals surface area contributed by atoms with E-state index in [-0.39, 0.29) is 6.04 Å². The van der Waals surface area contributed by atoms with Gasteiger partial charge in [0.25, 0.3) is 0 Å². The molecule has 0 radical (unpaired) electrons. The average molecular weight is 265 g/mol. The lowest BCUT2D eigenvalue weighted by atomic mass is 9.79. The number of rotatable bonds is 4. The van der Waals surface area contributed by atoms with Crippen molar-refractivity contribution in [3.63, 3.8) is 0 Å². The Balaban J connectivity index is 1.74. The Kier molecular flexibility index (Phi) is 3.88. The summed E-state index contributed by atoms with van der Waals surface area (Å²) in [6.07, 6.45) is 4.98. The van der Waals surface area contributed by atoms with Crippen LogP contribution in [-0.4, -0.2) is 0 Å². The monoisotopic (exact) mass is 265 g/mol. The fraction of sp³-hybridized carbons (Fsp3) is 0.368. The van der Waals surface area contributed by atoms with Crippen LogP contribution in [0.15, 0.2) is 48.5 Å². The van der Waals surface area contributed by atoms with Crippen LogP contribution >= 0.6 is 0 Å². The molecule has 1 heteroatoms. The van der Waals surface area contributed by atoms with Crippen LogP contribution in [0.3, 0.4) is 0 Å². The van der Waals surface area contributed by atoms with Gasteiger partial charge < -0.3 is 5.73 Å². The lowest BCUT2D eigenvalue weighted by molar-refractivity contribution is 0.419. The van der Waals surface area contributed by atoms with Crippen molar-refractivity contribution in [2.24, 2.45) is 5.73 Å². The number of hydrogen-bond donors (Lipinski definition) is 1. The smallest absolute Gasteiger partial charge is 0.0335 e. The maximum absolute atomic E-state index is 6.41. The molecule has 1 fully saturated rings. The lowest BCUT2D eigenvalue weighted by Crippen LogP contribution is -2.15. The molecule has 104 valence electrons. The van der Waals surface area contributed by atoms with Gasteiger partial charge in [-0.15, -0.1) is 0 Å². The summed E-state index contributed by atoms with van der Waals surface area (Å²) in [5, 5.41) is 0. The first-order chi connectivity index (χ1) is 9.72. The zero-order chi connectivity index (χ0) is 13.9. The van der Waals surface area contributed by atoms with Crippen LogP contribution in [0.4, 0.5) is 0 Å². The van der Waals surface area contributed by atoms with Gasteiger partial charge in [0.15, 0.2) is 0 Å².